The number of oxazole rings is 1. The van der Waals surface area contributed by atoms with Crippen molar-refractivity contribution < 1.29 is 14.6 Å². The normalized spacial score (nSPS) is 20.8. The summed E-state index contributed by atoms with van der Waals surface area (Å²) in [4.78, 5) is 4.19. The minimum atomic E-state index is -1.54. The summed E-state index contributed by atoms with van der Waals surface area (Å²) in [6.45, 7) is 1.81. The van der Waals surface area contributed by atoms with Gasteiger partial charge in [0.2, 0.25) is 0 Å². The molecule has 0 saturated heterocycles. The number of rotatable bonds is 0. The molecule has 1 aromatic heterocycles. The average Bonchev–Trinajstić information content (AvgIpc) is 2.34. The molecule has 1 heterocycles. The third kappa shape index (κ3) is 1.73. The highest BCUT2D eigenvalue weighted by molar-refractivity contribution is 5.12. The molecule has 4 nitrogen and oxygen atoms in total. The van der Waals surface area contributed by atoms with Crippen LogP contribution in [0.3, 0.4) is 0 Å². The first-order valence-electron chi connectivity index (χ1n) is 4.47. The summed E-state index contributed by atoms with van der Waals surface area (Å²) in [7, 11) is 0. The van der Waals surface area contributed by atoms with E-state index in [4.69, 9.17) is 4.42 Å². The van der Waals surface area contributed by atoms with Crippen LogP contribution in [0.1, 0.15) is 30.2 Å². The second kappa shape index (κ2) is 2.82. The molecule has 0 aliphatic heterocycles. The summed E-state index contributed by atoms with van der Waals surface area (Å²) in [6.07, 6.45) is 1.81. The molecule has 1 aromatic rings. The Kier molecular flexibility index (Phi) is 1.89. The first kappa shape index (κ1) is 8.72. The molecule has 0 saturated carbocycles. The first-order chi connectivity index (χ1) is 6.07. The molecule has 2 rings (SSSR count). The molecule has 0 spiro atoms. The van der Waals surface area contributed by atoms with E-state index in [1.54, 1.807) is 6.92 Å². The Morgan fingerprint density at radius 2 is 2.00 bits per heavy atom. The zero-order chi connectivity index (χ0) is 9.47. The van der Waals surface area contributed by atoms with Crippen molar-refractivity contribution in [3.63, 3.8) is 0 Å². The number of aromatic nitrogens is 1. The highest BCUT2D eigenvalue weighted by atomic mass is 16.5. The van der Waals surface area contributed by atoms with E-state index in [1.165, 1.54) is 0 Å². The molecule has 72 valence electrons. The third-order valence-electron chi connectivity index (χ3n) is 2.40. The van der Waals surface area contributed by atoms with Gasteiger partial charge in [0, 0.05) is 26.2 Å². The van der Waals surface area contributed by atoms with E-state index in [0.29, 0.717) is 31.6 Å². The molecule has 1 aliphatic carbocycles. The molecule has 0 fully saturated rings. The van der Waals surface area contributed by atoms with Gasteiger partial charge in [0.05, 0.1) is 5.69 Å². The zero-order valence-corrected chi connectivity index (χ0v) is 7.58. The molecule has 0 aromatic carbocycles. The molecule has 0 unspecified atom stereocenters. The van der Waals surface area contributed by atoms with E-state index >= 15 is 0 Å². The fourth-order valence-electron chi connectivity index (χ4n) is 1.66. The molecule has 0 bridgehead atoms. The van der Waals surface area contributed by atoms with E-state index in [0.717, 1.165) is 11.5 Å². The van der Waals surface area contributed by atoms with Gasteiger partial charge >= 0.3 is 0 Å². The van der Waals surface area contributed by atoms with Gasteiger partial charge in [-0.2, -0.15) is 0 Å². The molecule has 4 heteroatoms. The third-order valence-corrected chi connectivity index (χ3v) is 2.40. The predicted octanol–water partition coefficient (Wildman–Crippen LogP) is 0.543. The van der Waals surface area contributed by atoms with Crippen LogP contribution in [0, 0.1) is 6.92 Å². The Balaban J connectivity index is 2.24. The van der Waals surface area contributed by atoms with Gasteiger partial charge in [-0.25, -0.2) is 4.98 Å². The Morgan fingerprint density at radius 1 is 1.31 bits per heavy atom. The van der Waals surface area contributed by atoms with Crippen molar-refractivity contribution in [1.29, 1.82) is 0 Å². The lowest BCUT2D eigenvalue weighted by Crippen LogP contribution is -2.27. The maximum Gasteiger partial charge on any atom is 0.191 e. The SMILES string of the molecule is Cc1nc2c(o1)CCC(O)(O)CC2. The molecular weight excluding hydrogens is 170 g/mol. The number of aliphatic hydroxyl groups is 2. The summed E-state index contributed by atoms with van der Waals surface area (Å²) in [5.41, 5.74) is 0.877. The molecule has 0 atom stereocenters. The number of aryl methyl sites for hydroxylation is 3. The van der Waals surface area contributed by atoms with Crippen LogP contribution in [0.15, 0.2) is 4.42 Å². The molecule has 0 amide bonds. The van der Waals surface area contributed by atoms with Gasteiger partial charge < -0.3 is 14.6 Å². The Morgan fingerprint density at radius 3 is 2.77 bits per heavy atom. The van der Waals surface area contributed by atoms with E-state index < -0.39 is 5.79 Å². The summed E-state index contributed by atoms with van der Waals surface area (Å²) in [5.74, 6) is -0.0761. The molecular formula is C9H13NO3. The van der Waals surface area contributed by atoms with E-state index in [1.807, 2.05) is 0 Å². The van der Waals surface area contributed by atoms with Crippen molar-refractivity contribution in [3.05, 3.63) is 17.3 Å². The zero-order valence-electron chi connectivity index (χ0n) is 7.58. The van der Waals surface area contributed by atoms with Crippen LogP contribution in [-0.4, -0.2) is 21.0 Å². The lowest BCUT2D eigenvalue weighted by Gasteiger charge is -2.17. The summed E-state index contributed by atoms with van der Waals surface area (Å²) in [6, 6.07) is 0. The lowest BCUT2D eigenvalue weighted by molar-refractivity contribution is -0.168. The second-order valence-corrected chi connectivity index (χ2v) is 3.59. The molecule has 13 heavy (non-hydrogen) atoms. The Bertz CT molecular complexity index is 289. The maximum absolute atomic E-state index is 9.40. The second-order valence-electron chi connectivity index (χ2n) is 3.59. The van der Waals surface area contributed by atoms with Crippen LogP contribution < -0.4 is 0 Å². The summed E-state index contributed by atoms with van der Waals surface area (Å²) >= 11 is 0. The van der Waals surface area contributed by atoms with Crippen molar-refractivity contribution in [3.8, 4) is 0 Å². The quantitative estimate of drug-likeness (QED) is 0.455. The number of hydrogen-bond acceptors (Lipinski definition) is 4. The maximum atomic E-state index is 9.40. The smallest absolute Gasteiger partial charge is 0.191 e. The monoisotopic (exact) mass is 183 g/mol. The Labute approximate surface area is 76.2 Å². The first-order valence-corrected chi connectivity index (χ1v) is 4.47. The van der Waals surface area contributed by atoms with Gasteiger partial charge in [0.15, 0.2) is 11.7 Å². The van der Waals surface area contributed by atoms with E-state index in [9.17, 15) is 10.2 Å². The minimum absolute atomic E-state index is 0.328. The number of hydrogen-bond donors (Lipinski definition) is 2. The van der Waals surface area contributed by atoms with Crippen LogP contribution in [0.5, 0.6) is 0 Å². The van der Waals surface area contributed by atoms with Gasteiger partial charge in [0.25, 0.3) is 0 Å². The topological polar surface area (TPSA) is 66.5 Å². The summed E-state index contributed by atoms with van der Waals surface area (Å²) < 4.78 is 5.35. The van der Waals surface area contributed by atoms with Gasteiger partial charge in [-0.1, -0.05) is 0 Å². The van der Waals surface area contributed by atoms with Crippen molar-refractivity contribution in [2.45, 2.75) is 38.4 Å². The van der Waals surface area contributed by atoms with Crippen LogP contribution in [0.25, 0.3) is 0 Å². The average molecular weight is 183 g/mol. The predicted molar refractivity (Wildman–Crippen MR) is 45.1 cm³/mol. The van der Waals surface area contributed by atoms with Gasteiger partial charge in [-0.15, -0.1) is 0 Å². The van der Waals surface area contributed by atoms with E-state index in [-0.39, 0.29) is 0 Å². The van der Waals surface area contributed by atoms with Crippen molar-refractivity contribution in [2.75, 3.05) is 0 Å². The van der Waals surface area contributed by atoms with Gasteiger partial charge in [-0.05, 0) is 6.42 Å². The van der Waals surface area contributed by atoms with Crippen molar-refractivity contribution in [1.82, 2.24) is 4.98 Å². The van der Waals surface area contributed by atoms with Crippen molar-refractivity contribution >= 4 is 0 Å². The molecule has 0 radical (unpaired) electrons. The van der Waals surface area contributed by atoms with Crippen LogP contribution >= 0.6 is 0 Å². The van der Waals surface area contributed by atoms with Gasteiger partial charge in [0.1, 0.15) is 5.76 Å². The number of nitrogens with zero attached hydrogens (tertiary/aromatic N) is 1. The van der Waals surface area contributed by atoms with Gasteiger partial charge in [-0.3, -0.25) is 0 Å². The molecule has 1 aliphatic rings. The Hall–Kier alpha value is -0.870. The number of fused-ring (bicyclic) bond motifs is 1. The lowest BCUT2D eigenvalue weighted by atomic mass is 10.1. The highest BCUT2D eigenvalue weighted by Crippen LogP contribution is 2.25. The van der Waals surface area contributed by atoms with Crippen LogP contribution in [-0.2, 0) is 12.8 Å². The fraction of sp³-hybridized carbons (Fsp3) is 0.667. The van der Waals surface area contributed by atoms with E-state index in [2.05, 4.69) is 4.98 Å². The minimum Gasteiger partial charge on any atom is -0.446 e. The fourth-order valence-corrected chi connectivity index (χ4v) is 1.66. The van der Waals surface area contributed by atoms with Crippen LogP contribution in [0.2, 0.25) is 0 Å². The van der Waals surface area contributed by atoms with Crippen LogP contribution in [0.4, 0.5) is 0 Å². The largest absolute Gasteiger partial charge is 0.446 e. The highest BCUT2D eigenvalue weighted by Gasteiger charge is 2.28. The standard InChI is InChI=1S/C9H13NO3/c1-6-10-7-2-4-9(11,12)5-3-8(7)13-6/h11-12H,2-5H2,1H3. The van der Waals surface area contributed by atoms with Crippen molar-refractivity contribution in [2.24, 2.45) is 0 Å². The summed E-state index contributed by atoms with van der Waals surface area (Å²) in [5, 5.41) is 18.8. The molecule has 2 N–H and O–H groups in total.